The van der Waals surface area contributed by atoms with Crippen molar-refractivity contribution in [1.82, 2.24) is 10.2 Å². The molecule has 0 aliphatic carbocycles. The van der Waals surface area contributed by atoms with E-state index in [1.807, 2.05) is 12.1 Å². The Morgan fingerprint density at radius 2 is 2.31 bits per heavy atom. The summed E-state index contributed by atoms with van der Waals surface area (Å²) in [5, 5.41) is 3.45. The van der Waals surface area contributed by atoms with E-state index in [1.165, 1.54) is 6.42 Å². The van der Waals surface area contributed by atoms with Crippen molar-refractivity contribution >= 4 is 0 Å². The number of nitrogens with zero attached hydrogens (tertiary/aromatic N) is 2. The minimum Gasteiger partial charge on any atom is -0.353 e. The number of rotatable bonds is 7. The van der Waals surface area contributed by atoms with Crippen LogP contribution < -0.4 is 0 Å². The van der Waals surface area contributed by atoms with Crippen LogP contribution in [0.1, 0.15) is 19.3 Å². The molecule has 1 rings (SSSR count). The summed E-state index contributed by atoms with van der Waals surface area (Å²) < 4.78 is 11.1. The minimum atomic E-state index is -0.0340. The van der Waals surface area contributed by atoms with Gasteiger partial charge in [-0.3, -0.25) is 9.85 Å². The number of hydrogen-bond donors (Lipinski definition) is 0. The molecule has 0 aromatic rings. The number of ether oxygens (including phenoxy) is 2. The smallest absolute Gasteiger partial charge is 0.157 e. The Kier molecular flexibility index (Phi) is 6.40. The third-order valence-electron chi connectivity index (χ3n) is 2.60. The zero-order valence-electron chi connectivity index (χ0n) is 10.2. The highest BCUT2D eigenvalue weighted by Gasteiger charge is 2.14. The summed E-state index contributed by atoms with van der Waals surface area (Å²) in [6, 6.07) is 0. The predicted molar refractivity (Wildman–Crippen MR) is 61.2 cm³/mol. The second-order valence-corrected chi connectivity index (χ2v) is 3.66. The molecule has 0 bridgehead atoms. The molecule has 1 aliphatic rings. The number of hydroxylamine groups is 1. The van der Waals surface area contributed by atoms with Crippen molar-refractivity contribution in [1.29, 1.82) is 0 Å². The van der Waals surface area contributed by atoms with Gasteiger partial charge in [0.15, 0.2) is 6.29 Å². The molecule has 16 heavy (non-hydrogen) atoms. The Morgan fingerprint density at radius 3 is 2.88 bits per heavy atom. The lowest BCUT2D eigenvalue weighted by molar-refractivity contribution is -0.239. The molecule has 1 atom stereocenters. The average molecular weight is 230 g/mol. The molecule has 0 spiro atoms. The van der Waals surface area contributed by atoms with E-state index < -0.39 is 0 Å². The van der Waals surface area contributed by atoms with Crippen LogP contribution in [-0.4, -0.2) is 50.4 Å². The van der Waals surface area contributed by atoms with Crippen LogP contribution in [0.15, 0.2) is 12.8 Å². The molecule has 0 radical (unpaired) electrons. The van der Waals surface area contributed by atoms with Gasteiger partial charge in [0.05, 0.1) is 20.3 Å². The standard InChI is InChI=1S/C11H22N2O3/c1-4-13(12(2)14-3)8-10-16-11-7-5-6-9-15-11/h4,11H,1,5-10H2,2-3H3. The zero-order chi connectivity index (χ0) is 11.8. The second-order valence-electron chi connectivity index (χ2n) is 3.66. The molecule has 1 aliphatic heterocycles. The molecule has 94 valence electrons. The van der Waals surface area contributed by atoms with Gasteiger partial charge in [-0.2, -0.15) is 0 Å². The van der Waals surface area contributed by atoms with Crippen LogP contribution in [0.2, 0.25) is 0 Å². The van der Waals surface area contributed by atoms with Crippen LogP contribution in [0.4, 0.5) is 0 Å². The lowest BCUT2D eigenvalue weighted by Gasteiger charge is -2.29. The normalized spacial score (nSPS) is 21.1. The Hall–Kier alpha value is -0.620. The molecule has 0 saturated carbocycles. The molecule has 1 unspecified atom stereocenters. The van der Waals surface area contributed by atoms with Gasteiger partial charge in [-0.25, -0.2) is 0 Å². The molecule has 1 heterocycles. The molecular weight excluding hydrogens is 208 g/mol. The first-order chi connectivity index (χ1) is 7.77. The SMILES string of the molecule is C=CN(CCOC1CCCCO1)N(C)OC. The Labute approximate surface area is 97.5 Å². The van der Waals surface area contributed by atoms with Gasteiger partial charge in [0, 0.05) is 19.9 Å². The van der Waals surface area contributed by atoms with E-state index in [0.717, 1.165) is 19.4 Å². The van der Waals surface area contributed by atoms with Gasteiger partial charge in [0.2, 0.25) is 0 Å². The summed E-state index contributed by atoms with van der Waals surface area (Å²) in [4.78, 5) is 5.05. The number of hydrazine groups is 1. The molecule has 0 amide bonds. The van der Waals surface area contributed by atoms with Gasteiger partial charge >= 0.3 is 0 Å². The first-order valence-electron chi connectivity index (χ1n) is 5.68. The van der Waals surface area contributed by atoms with Crippen molar-refractivity contribution < 1.29 is 14.3 Å². The third kappa shape index (κ3) is 4.49. The topological polar surface area (TPSA) is 34.2 Å². The molecule has 5 heteroatoms. The first-order valence-corrected chi connectivity index (χ1v) is 5.68. The predicted octanol–water partition coefficient (Wildman–Crippen LogP) is 1.38. The largest absolute Gasteiger partial charge is 0.353 e. The van der Waals surface area contributed by atoms with Crippen molar-refractivity contribution in [3.8, 4) is 0 Å². The lowest BCUT2D eigenvalue weighted by Crippen LogP contribution is -2.37. The Bertz CT molecular complexity index is 196. The molecular formula is C11H22N2O3. The van der Waals surface area contributed by atoms with E-state index in [0.29, 0.717) is 13.2 Å². The minimum absolute atomic E-state index is 0.0340. The molecule has 0 aromatic carbocycles. The maximum Gasteiger partial charge on any atom is 0.157 e. The van der Waals surface area contributed by atoms with Gasteiger partial charge in [-0.05, 0) is 19.3 Å². The highest BCUT2D eigenvalue weighted by atomic mass is 16.7. The summed E-state index contributed by atoms with van der Waals surface area (Å²) in [6.07, 6.45) is 5.00. The average Bonchev–Trinajstić information content (AvgIpc) is 2.35. The van der Waals surface area contributed by atoms with Crippen LogP contribution in [0.25, 0.3) is 0 Å². The van der Waals surface area contributed by atoms with E-state index in [-0.39, 0.29) is 6.29 Å². The fraction of sp³-hybridized carbons (Fsp3) is 0.818. The van der Waals surface area contributed by atoms with Gasteiger partial charge in [-0.15, -0.1) is 5.17 Å². The van der Waals surface area contributed by atoms with E-state index in [2.05, 4.69) is 6.58 Å². The maximum absolute atomic E-state index is 5.62. The van der Waals surface area contributed by atoms with Crippen molar-refractivity contribution in [2.45, 2.75) is 25.6 Å². The number of hydrogen-bond acceptors (Lipinski definition) is 5. The summed E-state index contributed by atoms with van der Waals surface area (Å²) >= 11 is 0. The van der Waals surface area contributed by atoms with Crippen molar-refractivity contribution in [3.63, 3.8) is 0 Å². The molecule has 0 aromatic heterocycles. The highest BCUT2D eigenvalue weighted by Crippen LogP contribution is 2.13. The summed E-state index contributed by atoms with van der Waals surface area (Å²) in [7, 11) is 3.43. The molecule has 1 saturated heterocycles. The maximum atomic E-state index is 5.62. The van der Waals surface area contributed by atoms with Crippen LogP contribution in [0, 0.1) is 0 Å². The van der Waals surface area contributed by atoms with E-state index >= 15 is 0 Å². The van der Waals surface area contributed by atoms with E-state index in [4.69, 9.17) is 14.3 Å². The van der Waals surface area contributed by atoms with Gasteiger partial charge in [-0.1, -0.05) is 6.58 Å². The molecule has 1 fully saturated rings. The van der Waals surface area contributed by atoms with E-state index in [1.54, 1.807) is 18.5 Å². The van der Waals surface area contributed by atoms with Gasteiger partial charge in [0.1, 0.15) is 0 Å². The summed E-state index contributed by atoms with van der Waals surface area (Å²) in [6.45, 7) is 5.83. The fourth-order valence-electron chi connectivity index (χ4n) is 1.57. The third-order valence-corrected chi connectivity index (χ3v) is 2.60. The summed E-state index contributed by atoms with van der Waals surface area (Å²) in [5.41, 5.74) is 0. The fourth-order valence-corrected chi connectivity index (χ4v) is 1.57. The lowest BCUT2D eigenvalue weighted by atomic mass is 10.2. The Morgan fingerprint density at radius 1 is 1.50 bits per heavy atom. The first kappa shape index (κ1) is 13.4. The molecule has 5 nitrogen and oxygen atoms in total. The van der Waals surface area contributed by atoms with Gasteiger partial charge in [0.25, 0.3) is 0 Å². The molecule has 0 N–H and O–H groups in total. The highest BCUT2D eigenvalue weighted by molar-refractivity contribution is 4.65. The van der Waals surface area contributed by atoms with Gasteiger partial charge < -0.3 is 9.47 Å². The Balaban J connectivity index is 2.14. The van der Waals surface area contributed by atoms with Crippen molar-refractivity contribution in [2.75, 3.05) is 33.9 Å². The monoisotopic (exact) mass is 230 g/mol. The quantitative estimate of drug-likeness (QED) is 0.617. The van der Waals surface area contributed by atoms with Crippen molar-refractivity contribution in [2.24, 2.45) is 0 Å². The van der Waals surface area contributed by atoms with Crippen LogP contribution in [0.5, 0.6) is 0 Å². The summed E-state index contributed by atoms with van der Waals surface area (Å²) in [5.74, 6) is 0. The second kappa shape index (κ2) is 7.62. The van der Waals surface area contributed by atoms with Crippen LogP contribution >= 0.6 is 0 Å². The van der Waals surface area contributed by atoms with Crippen molar-refractivity contribution in [3.05, 3.63) is 12.8 Å². The van der Waals surface area contributed by atoms with E-state index in [9.17, 15) is 0 Å². The zero-order valence-corrected chi connectivity index (χ0v) is 10.2. The van der Waals surface area contributed by atoms with Crippen LogP contribution in [0.3, 0.4) is 0 Å². The van der Waals surface area contributed by atoms with Crippen LogP contribution in [-0.2, 0) is 14.3 Å².